The second-order valence-electron chi connectivity index (χ2n) is 11.8. The molecule has 0 aliphatic carbocycles. The minimum atomic E-state index is -2.80. The van der Waals surface area contributed by atoms with Crippen LogP contribution >= 0.6 is 0 Å². The van der Waals surface area contributed by atoms with Gasteiger partial charge in [-0.2, -0.15) is 5.48 Å². The fraction of sp³-hybridized carbons (Fsp3) is 0.394. The zero-order valence-corrected chi connectivity index (χ0v) is 25.0. The molecule has 39 heavy (non-hydrogen) atoms. The van der Waals surface area contributed by atoms with Crippen molar-refractivity contribution >= 4 is 18.7 Å². The summed E-state index contributed by atoms with van der Waals surface area (Å²) in [5, 5.41) is 2.29. The zero-order valence-electron chi connectivity index (χ0n) is 24.0. The second-order valence-corrected chi connectivity index (χ2v) is 16.1. The van der Waals surface area contributed by atoms with Crippen molar-refractivity contribution in [3.05, 3.63) is 109 Å². The molecule has 5 nitrogen and oxygen atoms in total. The van der Waals surface area contributed by atoms with E-state index < -0.39 is 19.6 Å². The van der Waals surface area contributed by atoms with Gasteiger partial charge in [-0.3, -0.25) is 4.84 Å². The van der Waals surface area contributed by atoms with E-state index in [1.807, 2.05) is 50.3 Å². The Kier molecular flexibility index (Phi) is 9.27. The molecule has 6 heteroatoms. The highest BCUT2D eigenvalue weighted by molar-refractivity contribution is 6.99. The van der Waals surface area contributed by atoms with Gasteiger partial charge in [0.15, 0.2) is 5.79 Å². The molecule has 2 atom stereocenters. The minimum Gasteiger partial charge on any atom is -0.405 e. The number of rotatable bonds is 12. The lowest BCUT2D eigenvalue weighted by Crippen LogP contribution is -2.69. The maximum absolute atomic E-state index is 7.38. The second kappa shape index (κ2) is 12.3. The van der Waals surface area contributed by atoms with Crippen LogP contribution in [0.1, 0.15) is 46.6 Å². The van der Waals surface area contributed by atoms with Gasteiger partial charge >= 0.3 is 0 Å². The third-order valence-corrected chi connectivity index (χ3v) is 12.4. The van der Waals surface area contributed by atoms with E-state index in [9.17, 15) is 0 Å². The van der Waals surface area contributed by atoms with Crippen LogP contribution in [0.4, 0.5) is 0 Å². The van der Waals surface area contributed by atoms with Crippen LogP contribution in [0.25, 0.3) is 0 Å². The van der Waals surface area contributed by atoms with Crippen molar-refractivity contribution in [2.24, 2.45) is 0 Å². The van der Waals surface area contributed by atoms with Crippen molar-refractivity contribution in [1.29, 1.82) is 0 Å². The molecule has 3 aromatic carbocycles. The van der Waals surface area contributed by atoms with Crippen LogP contribution in [-0.2, 0) is 25.3 Å². The molecule has 0 saturated carbocycles. The summed E-state index contributed by atoms with van der Waals surface area (Å²) in [5.74, 6) is -0.699. The molecule has 0 spiro atoms. The molecule has 1 N–H and O–H groups in total. The van der Waals surface area contributed by atoms with Gasteiger partial charge in [0.05, 0.1) is 25.4 Å². The molecule has 0 unspecified atom stereocenters. The fourth-order valence-electron chi connectivity index (χ4n) is 5.47. The maximum Gasteiger partial charge on any atom is 0.261 e. The third-order valence-electron chi connectivity index (χ3n) is 7.45. The Morgan fingerprint density at radius 1 is 0.923 bits per heavy atom. The molecule has 1 aliphatic rings. The van der Waals surface area contributed by atoms with Gasteiger partial charge in [0.1, 0.15) is 6.10 Å². The fourth-order valence-corrected chi connectivity index (χ4v) is 10.1. The smallest absolute Gasteiger partial charge is 0.261 e. The normalized spacial score (nSPS) is 18.9. The molecule has 3 aromatic rings. The number of hydrogen-bond acceptors (Lipinski definition) is 5. The van der Waals surface area contributed by atoms with Crippen LogP contribution in [0.15, 0.2) is 104 Å². The summed E-state index contributed by atoms with van der Waals surface area (Å²) in [6.45, 7) is 16.0. The molecular weight excluding hydrogens is 502 g/mol. The molecule has 4 rings (SSSR count). The molecule has 1 aliphatic heterocycles. The third kappa shape index (κ3) is 6.60. The quantitative estimate of drug-likeness (QED) is 0.178. The summed E-state index contributed by atoms with van der Waals surface area (Å²) in [5.41, 5.74) is 3.76. The summed E-state index contributed by atoms with van der Waals surface area (Å²) in [7, 11) is -2.80. The molecule has 0 aromatic heterocycles. The van der Waals surface area contributed by atoms with E-state index in [-0.39, 0.29) is 11.1 Å². The van der Waals surface area contributed by atoms with E-state index >= 15 is 0 Å². The largest absolute Gasteiger partial charge is 0.405 e. The van der Waals surface area contributed by atoms with Crippen LogP contribution in [0.5, 0.6) is 0 Å². The number of nitrogens with one attached hydrogen (secondary N) is 1. The summed E-state index contributed by atoms with van der Waals surface area (Å²) in [4.78, 5) is 6.18. The molecule has 0 bridgehead atoms. The zero-order chi connectivity index (χ0) is 28.0. The summed E-state index contributed by atoms with van der Waals surface area (Å²) in [6, 6.07) is 31.5. The average molecular weight is 546 g/mol. The molecular formula is C33H43NO4Si. The van der Waals surface area contributed by atoms with E-state index in [4.69, 9.17) is 18.7 Å². The average Bonchev–Trinajstić information content (AvgIpc) is 3.30. The molecule has 208 valence electrons. The Hall–Kier alpha value is -2.58. The Morgan fingerprint density at radius 3 is 1.92 bits per heavy atom. The van der Waals surface area contributed by atoms with Crippen LogP contribution in [-0.4, -0.2) is 39.0 Å². The number of benzene rings is 3. The Bertz CT molecular complexity index is 1140. The van der Waals surface area contributed by atoms with Crippen molar-refractivity contribution in [2.75, 3.05) is 13.2 Å². The van der Waals surface area contributed by atoms with E-state index in [0.717, 1.165) is 5.56 Å². The Balaban J connectivity index is 1.74. The lowest BCUT2D eigenvalue weighted by atomic mass is 9.90. The first-order valence-electron chi connectivity index (χ1n) is 13.7. The van der Waals surface area contributed by atoms with Crippen molar-refractivity contribution < 1.29 is 18.7 Å². The van der Waals surface area contributed by atoms with Crippen molar-refractivity contribution in [3.8, 4) is 0 Å². The van der Waals surface area contributed by atoms with Crippen LogP contribution in [0.3, 0.4) is 0 Å². The molecule has 1 fully saturated rings. The van der Waals surface area contributed by atoms with E-state index in [1.54, 1.807) is 0 Å². The van der Waals surface area contributed by atoms with Crippen molar-refractivity contribution in [2.45, 2.75) is 70.1 Å². The van der Waals surface area contributed by atoms with Crippen molar-refractivity contribution in [3.63, 3.8) is 0 Å². The van der Waals surface area contributed by atoms with Gasteiger partial charge in [0.2, 0.25) is 0 Å². The lowest BCUT2D eigenvalue weighted by molar-refractivity contribution is -0.166. The summed E-state index contributed by atoms with van der Waals surface area (Å²) >= 11 is 0. The summed E-state index contributed by atoms with van der Waals surface area (Å²) < 4.78 is 19.9. The van der Waals surface area contributed by atoms with E-state index in [0.29, 0.717) is 26.2 Å². The highest BCUT2D eigenvalue weighted by Crippen LogP contribution is 2.39. The van der Waals surface area contributed by atoms with E-state index in [1.165, 1.54) is 10.4 Å². The topological polar surface area (TPSA) is 49.0 Å². The number of ether oxygens (including phenoxy) is 2. The van der Waals surface area contributed by atoms with Gasteiger partial charge in [-0.05, 0) is 41.2 Å². The van der Waals surface area contributed by atoms with Crippen molar-refractivity contribution in [1.82, 2.24) is 5.48 Å². The number of hydroxylamine groups is 1. The maximum atomic E-state index is 7.38. The van der Waals surface area contributed by atoms with Crippen LogP contribution in [0, 0.1) is 0 Å². The van der Waals surface area contributed by atoms with Gasteiger partial charge in [-0.15, -0.1) is 6.58 Å². The van der Waals surface area contributed by atoms with Gasteiger partial charge in [0.25, 0.3) is 8.32 Å². The SMILES string of the molecule is C=CC[C@](CO[Si](c1ccccc1)(c1ccccc1)C(C)(C)C)(NOCc1ccccc1)[C@@H]1COC(C)(C)O1. The summed E-state index contributed by atoms with van der Waals surface area (Å²) in [6.07, 6.45) is 2.17. The van der Waals surface area contributed by atoms with Crippen LogP contribution in [0.2, 0.25) is 5.04 Å². The predicted molar refractivity (Wildman–Crippen MR) is 160 cm³/mol. The standard InChI is InChI=1S/C33H43NO4Si/c1-7-23-33(30-25-35-32(5,6)38-30,34-36-24-27-17-11-8-12-18-27)26-37-39(31(2,3)4,28-19-13-9-14-20-28)29-21-15-10-16-22-29/h7-22,30,34H,1,23-26H2,2-6H3/t30-,33+/m0/s1. The monoisotopic (exact) mass is 545 g/mol. The van der Waals surface area contributed by atoms with Gasteiger partial charge in [-0.1, -0.05) is 118 Å². The van der Waals surface area contributed by atoms with E-state index in [2.05, 4.69) is 93.5 Å². The predicted octanol–water partition coefficient (Wildman–Crippen LogP) is 5.75. The van der Waals surface area contributed by atoms with Gasteiger partial charge in [-0.25, -0.2) is 0 Å². The first-order chi connectivity index (χ1) is 18.6. The highest BCUT2D eigenvalue weighted by Gasteiger charge is 2.54. The van der Waals surface area contributed by atoms with Crippen LogP contribution < -0.4 is 15.9 Å². The highest BCUT2D eigenvalue weighted by atomic mass is 28.4. The lowest BCUT2D eigenvalue weighted by Gasteiger charge is -2.46. The van der Waals surface area contributed by atoms with Gasteiger partial charge < -0.3 is 13.9 Å². The molecule has 0 radical (unpaired) electrons. The molecule has 1 heterocycles. The molecule has 0 amide bonds. The Labute approximate surface area is 235 Å². The minimum absolute atomic E-state index is 0.160. The number of hydrogen-bond donors (Lipinski definition) is 1. The first kappa shape index (κ1) is 29.4. The molecule has 1 saturated heterocycles. The van der Waals surface area contributed by atoms with Gasteiger partial charge in [0, 0.05) is 0 Å². The Morgan fingerprint density at radius 2 is 1.46 bits per heavy atom. The first-order valence-corrected chi connectivity index (χ1v) is 15.6.